The maximum absolute atomic E-state index is 13.2. The van der Waals surface area contributed by atoms with Gasteiger partial charge in [0, 0.05) is 44.6 Å². The predicted octanol–water partition coefficient (Wildman–Crippen LogP) is 6.20. The Morgan fingerprint density at radius 1 is 0.730 bits per heavy atom. The molecule has 3 aliphatic heterocycles. The molecule has 0 radical (unpaired) electrons. The Bertz CT molecular complexity index is 840. The number of fused-ring (bicyclic) bond motifs is 1. The highest BCUT2D eigenvalue weighted by molar-refractivity contribution is 5.79. The summed E-state index contributed by atoms with van der Waals surface area (Å²) in [6.45, 7) is 7.78. The van der Waals surface area contributed by atoms with Crippen LogP contribution in [0.1, 0.15) is 108 Å². The molecule has 206 valence electrons. The minimum Gasteiger partial charge on any atom is -0.343 e. The first-order chi connectivity index (χ1) is 18.2. The number of nitrogens with zero attached hydrogens (tertiary/aromatic N) is 3. The van der Waals surface area contributed by atoms with E-state index >= 15 is 0 Å². The van der Waals surface area contributed by atoms with Crippen molar-refractivity contribution in [1.29, 1.82) is 0 Å². The molecule has 0 spiro atoms. The summed E-state index contributed by atoms with van der Waals surface area (Å²) in [4.78, 5) is 32.8. The highest BCUT2D eigenvalue weighted by Crippen LogP contribution is 2.28. The van der Waals surface area contributed by atoms with Crippen molar-refractivity contribution in [1.82, 2.24) is 14.7 Å². The molecule has 3 aliphatic rings. The Kier molecular flexibility index (Phi) is 11.3. The summed E-state index contributed by atoms with van der Waals surface area (Å²) in [6.07, 6.45) is 17.5. The zero-order valence-corrected chi connectivity index (χ0v) is 23.5. The van der Waals surface area contributed by atoms with Crippen LogP contribution in [0.25, 0.3) is 0 Å². The van der Waals surface area contributed by atoms with Crippen LogP contribution in [-0.2, 0) is 22.6 Å². The standard InChI is InChI=1S/C32H51N3O2/c1-2-3-4-5-6-7-8-9-10-15-31(36)34-24-19-30(20-25-34)33-21-17-28(18-22-33)32(37)35-23-16-27-13-11-12-14-29(27)26-35/h11-14,28,30H,2-10,15-26H2,1H3. The number of rotatable bonds is 12. The van der Waals surface area contributed by atoms with Gasteiger partial charge in [-0.05, 0) is 62.7 Å². The summed E-state index contributed by atoms with van der Waals surface area (Å²) in [6, 6.07) is 9.14. The predicted molar refractivity (Wildman–Crippen MR) is 151 cm³/mol. The lowest BCUT2D eigenvalue weighted by molar-refractivity contribution is -0.139. The molecule has 2 amide bonds. The van der Waals surface area contributed by atoms with Crippen LogP contribution in [0.2, 0.25) is 0 Å². The average Bonchev–Trinajstić information content (AvgIpc) is 2.95. The van der Waals surface area contributed by atoms with Crippen molar-refractivity contribution in [3.8, 4) is 0 Å². The minimum absolute atomic E-state index is 0.180. The lowest BCUT2D eigenvalue weighted by atomic mass is 9.91. The average molecular weight is 510 g/mol. The molecule has 0 saturated carbocycles. The highest BCUT2D eigenvalue weighted by atomic mass is 16.2. The van der Waals surface area contributed by atoms with Gasteiger partial charge in [-0.3, -0.25) is 9.59 Å². The van der Waals surface area contributed by atoms with Crippen LogP contribution in [0.4, 0.5) is 0 Å². The van der Waals surface area contributed by atoms with Crippen LogP contribution >= 0.6 is 0 Å². The Hall–Kier alpha value is -1.88. The molecule has 4 rings (SSSR count). The largest absolute Gasteiger partial charge is 0.343 e. The summed E-state index contributed by atoms with van der Waals surface area (Å²) in [5.74, 6) is 0.916. The highest BCUT2D eigenvalue weighted by Gasteiger charge is 2.33. The molecule has 1 aromatic rings. The first kappa shape index (κ1) is 28.1. The second kappa shape index (κ2) is 14.9. The smallest absolute Gasteiger partial charge is 0.226 e. The van der Waals surface area contributed by atoms with Crippen LogP contribution in [0.15, 0.2) is 24.3 Å². The van der Waals surface area contributed by atoms with Gasteiger partial charge in [0.25, 0.3) is 0 Å². The molecule has 0 aliphatic carbocycles. The fraction of sp³-hybridized carbons (Fsp3) is 0.750. The van der Waals surface area contributed by atoms with Crippen molar-refractivity contribution in [2.45, 2.75) is 116 Å². The van der Waals surface area contributed by atoms with Gasteiger partial charge in [0.1, 0.15) is 0 Å². The Morgan fingerprint density at radius 3 is 2.03 bits per heavy atom. The van der Waals surface area contributed by atoms with Gasteiger partial charge in [-0.1, -0.05) is 82.6 Å². The summed E-state index contributed by atoms with van der Waals surface area (Å²) >= 11 is 0. The maximum atomic E-state index is 13.2. The monoisotopic (exact) mass is 509 g/mol. The number of likely N-dealkylation sites (tertiary alicyclic amines) is 2. The molecule has 1 aromatic carbocycles. The fourth-order valence-corrected chi connectivity index (χ4v) is 6.68. The molecule has 2 fully saturated rings. The Balaban J connectivity index is 1.08. The first-order valence-corrected chi connectivity index (χ1v) is 15.5. The normalized spacial score (nSPS) is 19.7. The fourth-order valence-electron chi connectivity index (χ4n) is 6.68. The van der Waals surface area contributed by atoms with Crippen molar-refractivity contribution >= 4 is 11.8 Å². The molecule has 37 heavy (non-hydrogen) atoms. The second-order valence-corrected chi connectivity index (χ2v) is 11.8. The first-order valence-electron chi connectivity index (χ1n) is 15.5. The summed E-state index contributed by atoms with van der Waals surface area (Å²) in [5.41, 5.74) is 2.72. The van der Waals surface area contributed by atoms with Crippen molar-refractivity contribution in [3.63, 3.8) is 0 Å². The van der Waals surface area contributed by atoms with E-state index < -0.39 is 0 Å². The molecule has 0 atom stereocenters. The van der Waals surface area contributed by atoms with E-state index in [1.54, 1.807) is 0 Å². The number of piperidine rings is 2. The maximum Gasteiger partial charge on any atom is 0.226 e. The van der Waals surface area contributed by atoms with Crippen LogP contribution in [0.5, 0.6) is 0 Å². The van der Waals surface area contributed by atoms with E-state index in [0.29, 0.717) is 17.9 Å². The van der Waals surface area contributed by atoms with Crippen molar-refractivity contribution in [3.05, 3.63) is 35.4 Å². The molecular weight excluding hydrogens is 458 g/mol. The van der Waals surface area contributed by atoms with E-state index in [1.807, 2.05) is 0 Å². The third-order valence-corrected chi connectivity index (χ3v) is 9.15. The lowest BCUT2D eigenvalue weighted by Gasteiger charge is -2.42. The molecule has 5 heteroatoms. The van der Waals surface area contributed by atoms with Gasteiger partial charge in [0.05, 0.1) is 0 Å². The molecular formula is C32H51N3O2. The number of unbranched alkanes of at least 4 members (excludes halogenated alkanes) is 8. The van der Waals surface area contributed by atoms with Gasteiger partial charge in [-0.2, -0.15) is 0 Å². The number of carbonyl (C=O) groups is 2. The number of benzene rings is 1. The third kappa shape index (κ3) is 8.30. The topological polar surface area (TPSA) is 43.9 Å². The van der Waals surface area contributed by atoms with Gasteiger partial charge < -0.3 is 14.7 Å². The van der Waals surface area contributed by atoms with Gasteiger partial charge >= 0.3 is 0 Å². The van der Waals surface area contributed by atoms with Gasteiger partial charge in [0.15, 0.2) is 0 Å². The van der Waals surface area contributed by atoms with Crippen LogP contribution < -0.4 is 0 Å². The summed E-state index contributed by atoms with van der Waals surface area (Å²) in [7, 11) is 0. The number of hydrogen-bond acceptors (Lipinski definition) is 3. The minimum atomic E-state index is 0.180. The molecule has 2 saturated heterocycles. The van der Waals surface area contributed by atoms with Gasteiger partial charge in [-0.15, -0.1) is 0 Å². The molecule has 0 aromatic heterocycles. The molecule has 0 N–H and O–H groups in total. The summed E-state index contributed by atoms with van der Waals surface area (Å²) < 4.78 is 0. The Labute approximate surface area is 226 Å². The van der Waals surface area contributed by atoms with Crippen molar-refractivity contribution in [2.24, 2.45) is 5.92 Å². The van der Waals surface area contributed by atoms with Crippen molar-refractivity contribution < 1.29 is 9.59 Å². The van der Waals surface area contributed by atoms with E-state index in [4.69, 9.17) is 0 Å². The lowest BCUT2D eigenvalue weighted by Crippen LogP contribution is -2.50. The van der Waals surface area contributed by atoms with Gasteiger partial charge in [0.2, 0.25) is 11.8 Å². The van der Waals surface area contributed by atoms with Gasteiger partial charge in [-0.25, -0.2) is 0 Å². The second-order valence-electron chi connectivity index (χ2n) is 11.8. The number of hydrogen-bond donors (Lipinski definition) is 0. The third-order valence-electron chi connectivity index (χ3n) is 9.15. The van der Waals surface area contributed by atoms with Crippen molar-refractivity contribution in [2.75, 3.05) is 32.7 Å². The zero-order valence-electron chi connectivity index (χ0n) is 23.5. The summed E-state index contributed by atoms with van der Waals surface area (Å²) in [5, 5.41) is 0. The number of carbonyl (C=O) groups excluding carboxylic acids is 2. The van der Waals surface area contributed by atoms with E-state index in [-0.39, 0.29) is 5.92 Å². The van der Waals surface area contributed by atoms with Crippen LogP contribution in [0, 0.1) is 5.92 Å². The molecule has 5 nitrogen and oxygen atoms in total. The van der Waals surface area contributed by atoms with E-state index in [1.165, 1.54) is 62.5 Å². The molecule has 0 unspecified atom stereocenters. The molecule has 0 bridgehead atoms. The van der Waals surface area contributed by atoms with E-state index in [9.17, 15) is 9.59 Å². The van der Waals surface area contributed by atoms with Crippen LogP contribution in [0.3, 0.4) is 0 Å². The van der Waals surface area contributed by atoms with Crippen LogP contribution in [-0.4, -0.2) is 65.3 Å². The Morgan fingerprint density at radius 2 is 1.35 bits per heavy atom. The molecule has 3 heterocycles. The zero-order chi connectivity index (χ0) is 25.9. The quantitative estimate of drug-likeness (QED) is 0.315. The van der Waals surface area contributed by atoms with E-state index in [2.05, 4.69) is 45.9 Å². The van der Waals surface area contributed by atoms with E-state index in [0.717, 1.165) is 84.2 Å². The number of amides is 2. The SMILES string of the molecule is CCCCCCCCCCCC(=O)N1CCC(N2CCC(C(=O)N3CCc4ccccc4C3)CC2)CC1.